The van der Waals surface area contributed by atoms with Gasteiger partial charge in [-0.1, -0.05) is 0 Å². The highest BCUT2D eigenvalue weighted by molar-refractivity contribution is 6.00. The highest BCUT2D eigenvalue weighted by Crippen LogP contribution is 2.30. The molecule has 1 aliphatic heterocycles. The minimum Gasteiger partial charge on any atom is -0.479 e. The molecule has 1 aromatic rings. The average Bonchev–Trinajstić information content (AvgIpc) is 2.39. The van der Waals surface area contributed by atoms with Gasteiger partial charge in [0.2, 0.25) is 0 Å². The maximum atomic E-state index is 12.0. The van der Waals surface area contributed by atoms with E-state index in [-0.39, 0.29) is 11.8 Å². The second kappa shape index (κ2) is 5.92. The van der Waals surface area contributed by atoms with Gasteiger partial charge in [-0.25, -0.2) is 0 Å². The largest absolute Gasteiger partial charge is 0.479 e. The smallest absolute Gasteiger partial charge is 0.265 e. The van der Waals surface area contributed by atoms with Crippen LogP contribution in [0.5, 0.6) is 5.75 Å². The van der Waals surface area contributed by atoms with E-state index >= 15 is 0 Å². The molecular formula is C14H19N3O3. The number of nitrogens with zero attached hydrogens (tertiary/aromatic N) is 1. The van der Waals surface area contributed by atoms with Crippen molar-refractivity contribution in [1.82, 2.24) is 10.2 Å². The third-order valence-corrected chi connectivity index (χ3v) is 3.02. The Bertz CT molecular complexity index is 528. The third-order valence-electron chi connectivity index (χ3n) is 3.02. The molecular weight excluding hydrogens is 258 g/mol. The van der Waals surface area contributed by atoms with E-state index in [0.29, 0.717) is 23.5 Å². The first-order valence-electron chi connectivity index (χ1n) is 6.52. The molecule has 0 aromatic heterocycles. The molecule has 20 heavy (non-hydrogen) atoms. The van der Waals surface area contributed by atoms with Crippen LogP contribution >= 0.6 is 0 Å². The van der Waals surface area contributed by atoms with Crippen LogP contribution in [0.3, 0.4) is 0 Å². The number of hydrogen-bond donors (Lipinski definition) is 2. The van der Waals surface area contributed by atoms with Gasteiger partial charge in [0.15, 0.2) is 6.10 Å². The van der Waals surface area contributed by atoms with Crippen molar-refractivity contribution in [2.24, 2.45) is 0 Å². The highest BCUT2D eigenvalue weighted by atomic mass is 16.5. The highest BCUT2D eigenvalue weighted by Gasteiger charge is 2.24. The molecule has 2 rings (SSSR count). The Morgan fingerprint density at radius 1 is 1.45 bits per heavy atom. The van der Waals surface area contributed by atoms with E-state index in [1.54, 1.807) is 25.1 Å². The third kappa shape index (κ3) is 3.27. The molecule has 0 aliphatic carbocycles. The zero-order chi connectivity index (χ0) is 14.7. The topological polar surface area (TPSA) is 70.7 Å². The van der Waals surface area contributed by atoms with E-state index in [2.05, 4.69) is 10.6 Å². The van der Waals surface area contributed by atoms with Gasteiger partial charge in [-0.2, -0.15) is 0 Å². The molecule has 0 radical (unpaired) electrons. The summed E-state index contributed by atoms with van der Waals surface area (Å²) in [6, 6.07) is 5.00. The molecule has 2 N–H and O–H groups in total. The Hall–Kier alpha value is -2.08. The van der Waals surface area contributed by atoms with Gasteiger partial charge in [0.05, 0.1) is 5.69 Å². The quantitative estimate of drug-likeness (QED) is 0.850. The van der Waals surface area contributed by atoms with Crippen LogP contribution in [0.25, 0.3) is 0 Å². The normalized spacial score (nSPS) is 17.2. The molecule has 1 unspecified atom stereocenters. The lowest BCUT2D eigenvalue weighted by atomic mass is 10.1. The summed E-state index contributed by atoms with van der Waals surface area (Å²) in [5.74, 6) is 0.195. The molecule has 0 fully saturated rings. The van der Waals surface area contributed by atoms with Crippen molar-refractivity contribution in [1.29, 1.82) is 0 Å². The van der Waals surface area contributed by atoms with Crippen molar-refractivity contribution in [3.63, 3.8) is 0 Å². The Morgan fingerprint density at radius 3 is 2.90 bits per heavy atom. The summed E-state index contributed by atoms with van der Waals surface area (Å²) in [6.45, 7) is 3.03. The predicted molar refractivity (Wildman–Crippen MR) is 76.0 cm³/mol. The van der Waals surface area contributed by atoms with E-state index in [1.165, 1.54) is 0 Å². The number of anilines is 1. The lowest BCUT2D eigenvalue weighted by Gasteiger charge is -2.23. The second-order valence-corrected chi connectivity index (χ2v) is 5.02. The fourth-order valence-corrected chi connectivity index (χ4v) is 1.84. The molecule has 0 bridgehead atoms. The van der Waals surface area contributed by atoms with Crippen molar-refractivity contribution < 1.29 is 14.3 Å². The molecule has 2 amide bonds. The van der Waals surface area contributed by atoms with Gasteiger partial charge in [0, 0.05) is 18.7 Å². The van der Waals surface area contributed by atoms with Crippen molar-refractivity contribution in [2.45, 2.75) is 13.0 Å². The molecule has 1 atom stereocenters. The van der Waals surface area contributed by atoms with Gasteiger partial charge in [0.1, 0.15) is 5.75 Å². The van der Waals surface area contributed by atoms with Gasteiger partial charge in [-0.15, -0.1) is 0 Å². The van der Waals surface area contributed by atoms with Crippen molar-refractivity contribution in [3.8, 4) is 5.75 Å². The summed E-state index contributed by atoms with van der Waals surface area (Å²) < 4.78 is 5.48. The van der Waals surface area contributed by atoms with Gasteiger partial charge >= 0.3 is 0 Å². The van der Waals surface area contributed by atoms with Crippen LogP contribution < -0.4 is 15.4 Å². The Labute approximate surface area is 118 Å². The number of hydrogen-bond acceptors (Lipinski definition) is 4. The summed E-state index contributed by atoms with van der Waals surface area (Å²) in [7, 11) is 3.89. The lowest BCUT2D eigenvalue weighted by molar-refractivity contribution is -0.122. The maximum absolute atomic E-state index is 12.0. The molecule has 1 aromatic carbocycles. The lowest BCUT2D eigenvalue weighted by Crippen LogP contribution is -2.35. The summed E-state index contributed by atoms with van der Waals surface area (Å²) in [5, 5.41) is 5.57. The SMILES string of the molecule is CC1Oc2cc(C(=O)NCCN(C)C)ccc2NC1=O. The number of amides is 2. The first-order chi connectivity index (χ1) is 9.47. The van der Waals surface area contributed by atoms with Crippen LogP contribution in [0.2, 0.25) is 0 Å². The second-order valence-electron chi connectivity index (χ2n) is 5.02. The molecule has 1 aliphatic rings. The first-order valence-corrected chi connectivity index (χ1v) is 6.52. The zero-order valence-corrected chi connectivity index (χ0v) is 11.9. The van der Waals surface area contributed by atoms with Crippen molar-refractivity contribution >= 4 is 17.5 Å². The van der Waals surface area contributed by atoms with E-state index in [1.807, 2.05) is 19.0 Å². The fourth-order valence-electron chi connectivity index (χ4n) is 1.84. The van der Waals surface area contributed by atoms with Gasteiger partial charge in [-0.05, 0) is 39.2 Å². The predicted octanol–water partition coefficient (Wildman–Crippen LogP) is 0.697. The van der Waals surface area contributed by atoms with Crippen LogP contribution in [0.4, 0.5) is 5.69 Å². The minimum atomic E-state index is -0.547. The van der Waals surface area contributed by atoms with Gasteiger partial charge < -0.3 is 20.3 Å². The summed E-state index contributed by atoms with van der Waals surface area (Å²) >= 11 is 0. The number of fused-ring (bicyclic) bond motifs is 1. The van der Waals surface area contributed by atoms with Crippen LogP contribution in [-0.2, 0) is 4.79 Å². The molecule has 0 saturated heterocycles. The number of ether oxygens (including phenoxy) is 1. The minimum absolute atomic E-state index is 0.150. The van der Waals surface area contributed by atoms with Gasteiger partial charge in [0.25, 0.3) is 11.8 Å². The van der Waals surface area contributed by atoms with Crippen LogP contribution in [0, 0.1) is 0 Å². The number of likely N-dealkylation sites (N-methyl/N-ethyl adjacent to an activating group) is 1. The maximum Gasteiger partial charge on any atom is 0.265 e. The molecule has 6 nitrogen and oxygen atoms in total. The summed E-state index contributed by atoms with van der Waals surface area (Å²) in [4.78, 5) is 25.4. The number of rotatable bonds is 4. The number of benzene rings is 1. The number of carbonyl (C=O) groups excluding carboxylic acids is 2. The van der Waals surface area contributed by atoms with Crippen LogP contribution in [-0.4, -0.2) is 50.0 Å². The fraction of sp³-hybridized carbons (Fsp3) is 0.429. The molecule has 108 valence electrons. The van der Waals surface area contributed by atoms with Crippen LogP contribution in [0.15, 0.2) is 18.2 Å². The van der Waals surface area contributed by atoms with Gasteiger partial charge in [-0.3, -0.25) is 9.59 Å². The Morgan fingerprint density at radius 2 is 2.20 bits per heavy atom. The zero-order valence-electron chi connectivity index (χ0n) is 11.9. The van der Waals surface area contributed by atoms with Crippen LogP contribution in [0.1, 0.15) is 17.3 Å². The summed E-state index contributed by atoms with van der Waals surface area (Å²) in [6.07, 6.45) is -0.547. The number of carbonyl (C=O) groups is 2. The Kier molecular flexibility index (Phi) is 4.24. The van der Waals surface area contributed by atoms with E-state index in [4.69, 9.17) is 4.74 Å². The first kappa shape index (κ1) is 14.3. The van der Waals surface area contributed by atoms with Crippen molar-refractivity contribution in [3.05, 3.63) is 23.8 Å². The molecule has 6 heteroatoms. The standard InChI is InChI=1S/C14H19N3O3/c1-9-13(18)16-11-5-4-10(8-12(11)20-9)14(19)15-6-7-17(2)3/h4-5,8-9H,6-7H2,1-3H3,(H,15,19)(H,16,18). The van der Waals surface area contributed by atoms with E-state index in [0.717, 1.165) is 6.54 Å². The Balaban J connectivity index is 2.05. The molecule has 1 heterocycles. The molecule has 0 saturated carbocycles. The average molecular weight is 277 g/mol. The van der Waals surface area contributed by atoms with E-state index < -0.39 is 6.10 Å². The molecule has 0 spiro atoms. The monoisotopic (exact) mass is 277 g/mol. The van der Waals surface area contributed by atoms with E-state index in [9.17, 15) is 9.59 Å². The number of nitrogens with one attached hydrogen (secondary N) is 2. The van der Waals surface area contributed by atoms with Crippen molar-refractivity contribution in [2.75, 3.05) is 32.5 Å². The summed E-state index contributed by atoms with van der Waals surface area (Å²) in [5.41, 5.74) is 1.11.